The first kappa shape index (κ1) is 18.5. The Morgan fingerprint density at radius 3 is 2.50 bits per heavy atom. The summed E-state index contributed by atoms with van der Waals surface area (Å²) >= 11 is 0. The summed E-state index contributed by atoms with van der Waals surface area (Å²) in [4.78, 5) is 17.8. The van der Waals surface area contributed by atoms with Crippen molar-refractivity contribution in [3.05, 3.63) is 30.0 Å². The fourth-order valence-electron chi connectivity index (χ4n) is 2.97. The molecule has 0 aliphatic rings. The summed E-state index contributed by atoms with van der Waals surface area (Å²) in [5.74, 6) is 0.348. The molecule has 2 rings (SSSR count). The van der Waals surface area contributed by atoms with E-state index in [0.29, 0.717) is 5.75 Å². The van der Waals surface area contributed by atoms with Gasteiger partial charge in [0.05, 0.1) is 5.92 Å². The van der Waals surface area contributed by atoms with E-state index in [1.165, 1.54) is 18.4 Å². The zero-order chi connectivity index (χ0) is 17.5. The van der Waals surface area contributed by atoms with Gasteiger partial charge in [-0.3, -0.25) is 4.79 Å². The van der Waals surface area contributed by atoms with Crippen LogP contribution in [0.4, 0.5) is 0 Å². The summed E-state index contributed by atoms with van der Waals surface area (Å²) in [6.45, 7) is 11.4. The molecule has 0 amide bonds. The molecule has 0 saturated carbocycles. The number of esters is 1. The molecule has 0 spiro atoms. The number of H-pyrrole nitrogens is 1. The van der Waals surface area contributed by atoms with Crippen LogP contribution in [0.15, 0.2) is 24.4 Å². The number of rotatable bonds is 9. The summed E-state index contributed by atoms with van der Waals surface area (Å²) < 4.78 is 5.62. The van der Waals surface area contributed by atoms with Crippen LogP contribution in [-0.2, 0) is 11.2 Å². The highest BCUT2D eigenvalue weighted by atomic mass is 16.5. The van der Waals surface area contributed by atoms with Gasteiger partial charge in [0.15, 0.2) is 0 Å². The Morgan fingerprint density at radius 2 is 1.88 bits per heavy atom. The number of fused-ring (bicyclic) bond motifs is 1. The summed E-state index contributed by atoms with van der Waals surface area (Å²) in [5.41, 5.74) is 2.24. The zero-order valence-electron chi connectivity index (χ0n) is 15.4. The highest BCUT2D eigenvalue weighted by Gasteiger charge is 2.15. The number of carbonyl (C=O) groups is 1. The van der Waals surface area contributed by atoms with E-state index in [1.807, 2.05) is 38.2 Å². The lowest BCUT2D eigenvalue weighted by atomic mass is 10.1. The molecule has 1 aromatic heterocycles. The minimum absolute atomic E-state index is 0.132. The van der Waals surface area contributed by atoms with Gasteiger partial charge in [0.25, 0.3) is 0 Å². The second-order valence-corrected chi connectivity index (χ2v) is 6.66. The van der Waals surface area contributed by atoms with E-state index in [0.717, 1.165) is 37.0 Å². The third-order valence-electron chi connectivity index (χ3n) is 4.21. The van der Waals surface area contributed by atoms with Gasteiger partial charge in [0.1, 0.15) is 5.75 Å². The number of aromatic amines is 1. The molecule has 0 fully saturated rings. The van der Waals surface area contributed by atoms with Gasteiger partial charge >= 0.3 is 5.97 Å². The Balaban J connectivity index is 2.19. The van der Waals surface area contributed by atoms with Crippen LogP contribution in [-0.4, -0.2) is 35.5 Å². The van der Waals surface area contributed by atoms with Crippen LogP contribution < -0.4 is 4.74 Å². The first-order chi connectivity index (χ1) is 11.6. The van der Waals surface area contributed by atoms with Crippen molar-refractivity contribution in [2.75, 3.05) is 19.6 Å². The molecule has 0 aliphatic carbocycles. The van der Waals surface area contributed by atoms with Crippen LogP contribution in [0.3, 0.4) is 0 Å². The smallest absolute Gasteiger partial charge is 0.313 e. The molecule has 0 aliphatic heterocycles. The molecule has 0 atom stereocenters. The van der Waals surface area contributed by atoms with E-state index >= 15 is 0 Å². The van der Waals surface area contributed by atoms with Crippen molar-refractivity contribution in [3.63, 3.8) is 0 Å². The quantitative estimate of drug-likeness (QED) is 0.548. The van der Waals surface area contributed by atoms with Crippen LogP contribution in [0.25, 0.3) is 10.9 Å². The number of benzene rings is 1. The number of nitrogens with zero attached hydrogens (tertiary/aromatic N) is 1. The Labute approximate surface area is 145 Å². The number of hydrogen-bond acceptors (Lipinski definition) is 3. The monoisotopic (exact) mass is 330 g/mol. The first-order valence-corrected chi connectivity index (χ1v) is 9.09. The SMILES string of the molecule is CCCN(CCC)CCc1c[nH]c2cccc(OC(=O)C(C)C)c12. The predicted molar refractivity (Wildman–Crippen MR) is 99.5 cm³/mol. The van der Waals surface area contributed by atoms with Crippen molar-refractivity contribution >= 4 is 16.9 Å². The Morgan fingerprint density at radius 1 is 1.17 bits per heavy atom. The minimum Gasteiger partial charge on any atom is -0.426 e. The van der Waals surface area contributed by atoms with Gasteiger partial charge in [-0.15, -0.1) is 0 Å². The average Bonchev–Trinajstić information content (AvgIpc) is 2.97. The molecular weight excluding hydrogens is 300 g/mol. The van der Waals surface area contributed by atoms with Crippen molar-refractivity contribution in [1.82, 2.24) is 9.88 Å². The largest absolute Gasteiger partial charge is 0.426 e. The molecule has 0 unspecified atom stereocenters. The second kappa shape index (κ2) is 8.88. The Hall–Kier alpha value is -1.81. The number of aromatic nitrogens is 1. The van der Waals surface area contributed by atoms with Crippen molar-refractivity contribution < 1.29 is 9.53 Å². The van der Waals surface area contributed by atoms with E-state index < -0.39 is 0 Å². The maximum atomic E-state index is 12.0. The fraction of sp³-hybridized carbons (Fsp3) is 0.550. The topological polar surface area (TPSA) is 45.3 Å². The molecule has 132 valence electrons. The van der Waals surface area contributed by atoms with Gasteiger partial charge < -0.3 is 14.6 Å². The zero-order valence-corrected chi connectivity index (χ0v) is 15.4. The number of hydrogen-bond donors (Lipinski definition) is 1. The molecule has 1 N–H and O–H groups in total. The number of carbonyl (C=O) groups excluding carboxylic acids is 1. The average molecular weight is 330 g/mol. The molecular formula is C20H30N2O2. The maximum Gasteiger partial charge on any atom is 0.313 e. The summed E-state index contributed by atoms with van der Waals surface area (Å²) in [6, 6.07) is 5.84. The van der Waals surface area contributed by atoms with Gasteiger partial charge in [-0.2, -0.15) is 0 Å². The van der Waals surface area contributed by atoms with Gasteiger partial charge in [0.2, 0.25) is 0 Å². The maximum absolute atomic E-state index is 12.0. The molecule has 0 saturated heterocycles. The summed E-state index contributed by atoms with van der Waals surface area (Å²) in [7, 11) is 0. The number of ether oxygens (including phenoxy) is 1. The predicted octanol–water partition coefficient (Wildman–Crippen LogP) is 4.39. The van der Waals surface area contributed by atoms with Gasteiger partial charge in [0, 0.05) is 23.6 Å². The molecule has 1 aromatic carbocycles. The van der Waals surface area contributed by atoms with Gasteiger partial charge in [-0.05, 0) is 50.0 Å². The summed E-state index contributed by atoms with van der Waals surface area (Å²) in [6.07, 6.45) is 5.35. The molecule has 0 radical (unpaired) electrons. The highest BCUT2D eigenvalue weighted by molar-refractivity contribution is 5.91. The van der Waals surface area contributed by atoms with Crippen molar-refractivity contribution in [2.24, 2.45) is 5.92 Å². The summed E-state index contributed by atoms with van der Waals surface area (Å²) in [5, 5.41) is 1.04. The normalized spacial score (nSPS) is 11.6. The molecule has 0 bridgehead atoms. The molecule has 24 heavy (non-hydrogen) atoms. The molecule has 1 heterocycles. The lowest BCUT2D eigenvalue weighted by Gasteiger charge is -2.20. The van der Waals surface area contributed by atoms with E-state index in [1.54, 1.807) is 0 Å². The first-order valence-electron chi connectivity index (χ1n) is 9.09. The van der Waals surface area contributed by atoms with Crippen LogP contribution >= 0.6 is 0 Å². The van der Waals surface area contributed by atoms with Crippen LogP contribution in [0.1, 0.15) is 46.1 Å². The van der Waals surface area contributed by atoms with Crippen LogP contribution in [0.5, 0.6) is 5.75 Å². The van der Waals surface area contributed by atoms with Crippen molar-refractivity contribution in [3.8, 4) is 5.75 Å². The van der Waals surface area contributed by atoms with E-state index in [2.05, 4.69) is 23.7 Å². The van der Waals surface area contributed by atoms with Crippen molar-refractivity contribution in [2.45, 2.75) is 47.0 Å². The fourth-order valence-corrected chi connectivity index (χ4v) is 2.97. The third kappa shape index (κ3) is 4.60. The molecule has 4 heteroatoms. The van der Waals surface area contributed by atoms with Crippen LogP contribution in [0, 0.1) is 5.92 Å². The highest BCUT2D eigenvalue weighted by Crippen LogP contribution is 2.29. The van der Waals surface area contributed by atoms with Crippen LogP contribution in [0.2, 0.25) is 0 Å². The van der Waals surface area contributed by atoms with Gasteiger partial charge in [-0.25, -0.2) is 0 Å². The molecule has 2 aromatic rings. The minimum atomic E-state index is -0.187. The molecule has 4 nitrogen and oxygen atoms in total. The van der Waals surface area contributed by atoms with Crippen molar-refractivity contribution in [1.29, 1.82) is 0 Å². The lowest BCUT2D eigenvalue weighted by Crippen LogP contribution is -2.27. The third-order valence-corrected chi connectivity index (χ3v) is 4.21. The second-order valence-electron chi connectivity index (χ2n) is 6.66. The Kier molecular flexibility index (Phi) is 6.85. The van der Waals surface area contributed by atoms with E-state index in [9.17, 15) is 4.79 Å². The van der Waals surface area contributed by atoms with E-state index in [4.69, 9.17) is 4.74 Å². The lowest BCUT2D eigenvalue weighted by molar-refractivity contribution is -0.137. The number of nitrogens with one attached hydrogen (secondary N) is 1. The van der Waals surface area contributed by atoms with Gasteiger partial charge in [-0.1, -0.05) is 33.8 Å². The van der Waals surface area contributed by atoms with E-state index in [-0.39, 0.29) is 11.9 Å². The Bertz CT molecular complexity index is 655. The standard InChI is InChI=1S/C20H30N2O2/c1-5-11-22(12-6-2)13-10-16-14-21-17-8-7-9-18(19(16)17)24-20(23)15(3)4/h7-9,14-15,21H,5-6,10-13H2,1-4H3.